The molecule has 7 rings (SSSR count). The first-order valence-corrected chi connectivity index (χ1v) is 15.9. The van der Waals surface area contributed by atoms with Gasteiger partial charge in [0.05, 0.1) is 32.8 Å². The van der Waals surface area contributed by atoms with Crippen molar-refractivity contribution in [3.8, 4) is 11.5 Å². The zero-order chi connectivity index (χ0) is 31.5. The molecule has 4 heterocycles. The van der Waals surface area contributed by atoms with Gasteiger partial charge in [-0.05, 0) is 61.2 Å². The third-order valence-electron chi connectivity index (χ3n) is 9.08. The molecule has 236 valence electrons. The van der Waals surface area contributed by atoms with Crippen LogP contribution >= 0.6 is 0 Å². The van der Waals surface area contributed by atoms with Gasteiger partial charge >= 0.3 is 0 Å². The Morgan fingerprint density at radius 1 is 0.913 bits per heavy atom. The molecule has 6 aromatic rings. The van der Waals surface area contributed by atoms with Crippen molar-refractivity contribution in [2.24, 2.45) is 0 Å². The first kappa shape index (κ1) is 29.6. The standard InChI is InChI=1S/C36H39N7O3/c1-45-26-15-13-24(33(19-26)46-2)22-43-34(16-14-23-20-38-29-10-5-3-8-27(23)29)41-42-35(43)32(40-36(44)31-12-7-17-37-31)18-25-21-39-30-11-6-4-9-28(25)30/h3-6,8-11,13,15,19-21,31-32,37-39H,7,12,14,16-18,22H2,1-2H3,(H,40,44)/t31-,32+/m0/s1. The largest absolute Gasteiger partial charge is 0.497 e. The summed E-state index contributed by atoms with van der Waals surface area (Å²) in [7, 11) is 3.31. The number of amides is 1. The molecule has 46 heavy (non-hydrogen) atoms. The molecule has 0 saturated carbocycles. The lowest BCUT2D eigenvalue weighted by Crippen LogP contribution is -2.43. The summed E-state index contributed by atoms with van der Waals surface area (Å²) >= 11 is 0. The zero-order valence-electron chi connectivity index (χ0n) is 26.2. The highest BCUT2D eigenvalue weighted by atomic mass is 16.5. The Morgan fingerprint density at radius 3 is 2.37 bits per heavy atom. The fourth-order valence-electron chi connectivity index (χ4n) is 6.61. The summed E-state index contributed by atoms with van der Waals surface area (Å²) in [4.78, 5) is 20.4. The van der Waals surface area contributed by atoms with Gasteiger partial charge in [0.25, 0.3) is 0 Å². The van der Waals surface area contributed by atoms with E-state index in [9.17, 15) is 4.79 Å². The van der Waals surface area contributed by atoms with Gasteiger partial charge in [-0.1, -0.05) is 36.4 Å². The Labute approximate surface area is 267 Å². The fourth-order valence-corrected chi connectivity index (χ4v) is 6.61. The number of nitrogens with zero attached hydrogens (tertiary/aromatic N) is 3. The number of aromatic amines is 2. The smallest absolute Gasteiger partial charge is 0.237 e. The molecule has 0 aliphatic carbocycles. The highest BCUT2D eigenvalue weighted by Crippen LogP contribution is 2.29. The number of H-pyrrole nitrogens is 2. The minimum atomic E-state index is -0.410. The molecule has 1 aliphatic heterocycles. The Hall–Kier alpha value is -5.09. The molecule has 0 unspecified atom stereocenters. The molecule has 0 radical (unpaired) electrons. The van der Waals surface area contributed by atoms with Crippen LogP contribution in [0.1, 0.15) is 47.2 Å². The van der Waals surface area contributed by atoms with Crippen LogP contribution in [0.3, 0.4) is 0 Å². The van der Waals surface area contributed by atoms with Gasteiger partial charge in [0.15, 0.2) is 5.82 Å². The van der Waals surface area contributed by atoms with Crippen molar-refractivity contribution in [1.29, 1.82) is 0 Å². The molecular formula is C36H39N7O3. The molecule has 10 heteroatoms. The van der Waals surface area contributed by atoms with E-state index in [2.05, 4.69) is 61.7 Å². The van der Waals surface area contributed by atoms with Gasteiger partial charge < -0.3 is 34.6 Å². The van der Waals surface area contributed by atoms with Crippen LogP contribution in [0.25, 0.3) is 21.8 Å². The number of nitrogens with one attached hydrogen (secondary N) is 4. The van der Waals surface area contributed by atoms with Gasteiger partial charge in [0.2, 0.25) is 5.91 Å². The molecule has 1 fully saturated rings. The summed E-state index contributed by atoms with van der Waals surface area (Å²) in [6, 6.07) is 21.8. The predicted molar refractivity (Wildman–Crippen MR) is 178 cm³/mol. The van der Waals surface area contributed by atoms with Crippen molar-refractivity contribution in [3.05, 3.63) is 107 Å². The Balaban J connectivity index is 1.28. The summed E-state index contributed by atoms with van der Waals surface area (Å²) in [5, 5.41) is 18.6. The van der Waals surface area contributed by atoms with Gasteiger partial charge in [0.1, 0.15) is 17.3 Å². The Bertz CT molecular complexity index is 1970. The third kappa shape index (κ3) is 5.95. The molecule has 2 atom stereocenters. The maximum Gasteiger partial charge on any atom is 0.237 e. The van der Waals surface area contributed by atoms with Crippen molar-refractivity contribution in [1.82, 2.24) is 35.4 Å². The molecule has 1 amide bonds. The zero-order valence-corrected chi connectivity index (χ0v) is 26.2. The van der Waals surface area contributed by atoms with E-state index in [0.29, 0.717) is 31.0 Å². The number of aromatic nitrogens is 5. The molecule has 0 spiro atoms. The van der Waals surface area contributed by atoms with Crippen LogP contribution in [0.4, 0.5) is 0 Å². The van der Waals surface area contributed by atoms with Crippen LogP contribution in [0.15, 0.2) is 79.1 Å². The van der Waals surface area contributed by atoms with Crippen LogP contribution in [0.2, 0.25) is 0 Å². The Morgan fingerprint density at radius 2 is 1.65 bits per heavy atom. The summed E-state index contributed by atoms with van der Waals surface area (Å²) in [5.41, 5.74) is 5.47. The lowest BCUT2D eigenvalue weighted by molar-refractivity contribution is -0.123. The maximum absolute atomic E-state index is 13.6. The normalized spacial score (nSPS) is 15.4. The van der Waals surface area contributed by atoms with Crippen molar-refractivity contribution in [2.45, 2.75) is 50.7 Å². The van der Waals surface area contributed by atoms with Crippen molar-refractivity contribution in [3.63, 3.8) is 0 Å². The topological polar surface area (TPSA) is 122 Å². The quantitative estimate of drug-likeness (QED) is 0.149. The van der Waals surface area contributed by atoms with E-state index < -0.39 is 6.04 Å². The predicted octanol–water partition coefficient (Wildman–Crippen LogP) is 5.24. The molecule has 0 bridgehead atoms. The van der Waals surface area contributed by atoms with Crippen molar-refractivity contribution < 1.29 is 14.3 Å². The summed E-state index contributed by atoms with van der Waals surface area (Å²) in [6.07, 6.45) is 7.92. The van der Waals surface area contributed by atoms with Gasteiger partial charge in [-0.15, -0.1) is 10.2 Å². The van der Waals surface area contributed by atoms with E-state index in [0.717, 1.165) is 64.9 Å². The van der Waals surface area contributed by atoms with Crippen LogP contribution in [0.5, 0.6) is 11.5 Å². The van der Waals surface area contributed by atoms with Gasteiger partial charge in [-0.25, -0.2) is 0 Å². The van der Waals surface area contributed by atoms with Gasteiger partial charge in [0, 0.05) is 58.7 Å². The first-order chi connectivity index (χ1) is 22.6. The van der Waals surface area contributed by atoms with Crippen LogP contribution < -0.4 is 20.1 Å². The number of carbonyl (C=O) groups is 1. The second-order valence-corrected chi connectivity index (χ2v) is 11.9. The Kier molecular flexibility index (Phi) is 8.43. The summed E-state index contributed by atoms with van der Waals surface area (Å²) < 4.78 is 13.4. The second-order valence-electron chi connectivity index (χ2n) is 11.9. The van der Waals surface area contributed by atoms with Gasteiger partial charge in [-0.3, -0.25) is 4.79 Å². The van der Waals surface area contributed by atoms with E-state index in [1.54, 1.807) is 14.2 Å². The van der Waals surface area contributed by atoms with Crippen molar-refractivity contribution in [2.75, 3.05) is 20.8 Å². The molecule has 4 N–H and O–H groups in total. The number of ether oxygens (including phenoxy) is 2. The van der Waals surface area contributed by atoms with E-state index in [1.165, 1.54) is 10.9 Å². The number of carbonyl (C=O) groups excluding carboxylic acids is 1. The number of hydrogen-bond acceptors (Lipinski definition) is 6. The summed E-state index contributed by atoms with van der Waals surface area (Å²) in [5.74, 6) is 2.98. The van der Waals surface area contributed by atoms with Crippen LogP contribution in [-0.4, -0.2) is 57.4 Å². The average molecular weight is 618 g/mol. The first-order valence-electron chi connectivity index (χ1n) is 15.9. The van der Waals surface area contributed by atoms with Gasteiger partial charge in [-0.2, -0.15) is 0 Å². The number of aryl methyl sites for hydroxylation is 2. The second kappa shape index (κ2) is 13.1. The minimum Gasteiger partial charge on any atom is -0.497 e. The van der Waals surface area contributed by atoms with E-state index in [1.807, 2.05) is 42.6 Å². The number of hydrogen-bond donors (Lipinski definition) is 4. The SMILES string of the molecule is COc1ccc(Cn2c(CCc3c[nH]c4ccccc34)nnc2[C@@H](Cc2c[nH]c3ccccc23)NC(=O)[C@@H]2CCCN2)c(OC)c1. The summed E-state index contributed by atoms with van der Waals surface area (Å²) in [6.45, 7) is 1.32. The average Bonchev–Trinajstić information content (AvgIpc) is 3.91. The molecular weight excluding hydrogens is 578 g/mol. The van der Waals surface area contributed by atoms with Crippen LogP contribution in [0, 0.1) is 0 Å². The molecule has 3 aromatic heterocycles. The van der Waals surface area contributed by atoms with Crippen molar-refractivity contribution >= 4 is 27.7 Å². The monoisotopic (exact) mass is 617 g/mol. The maximum atomic E-state index is 13.6. The highest BCUT2D eigenvalue weighted by Gasteiger charge is 2.29. The van der Waals surface area contributed by atoms with Crippen LogP contribution in [-0.2, 0) is 30.6 Å². The fraction of sp³-hybridized carbons (Fsp3) is 0.306. The lowest BCUT2D eigenvalue weighted by atomic mass is 10.0. The molecule has 1 aliphatic rings. The number of methoxy groups -OCH3 is 2. The molecule has 1 saturated heterocycles. The minimum absolute atomic E-state index is 0.0146. The number of para-hydroxylation sites is 2. The number of rotatable bonds is 12. The van der Waals surface area contributed by atoms with E-state index in [4.69, 9.17) is 19.7 Å². The molecule has 10 nitrogen and oxygen atoms in total. The number of fused-ring (bicyclic) bond motifs is 2. The van der Waals surface area contributed by atoms with E-state index >= 15 is 0 Å². The lowest BCUT2D eigenvalue weighted by Gasteiger charge is -2.22. The number of benzene rings is 3. The third-order valence-corrected chi connectivity index (χ3v) is 9.08. The van der Waals surface area contributed by atoms with E-state index in [-0.39, 0.29) is 11.9 Å². The molecule has 3 aromatic carbocycles. The highest BCUT2D eigenvalue weighted by molar-refractivity contribution is 5.84.